The lowest BCUT2D eigenvalue weighted by Crippen LogP contribution is -2.29. The molecule has 0 aromatic heterocycles. The molecular weight excluding hydrogens is 430 g/mol. The normalized spacial score (nSPS) is 12.4. The number of hydrogen-bond acceptors (Lipinski definition) is 2. The molecule has 2 N–H and O–H groups in total. The highest BCUT2D eigenvalue weighted by Gasteiger charge is 2.26. The van der Waals surface area contributed by atoms with Gasteiger partial charge in [-0.3, -0.25) is 4.79 Å². The molecule has 0 atom stereocenters. The van der Waals surface area contributed by atoms with Crippen LogP contribution in [0.15, 0.2) is 71.2 Å². The van der Waals surface area contributed by atoms with E-state index < -0.39 is 0 Å². The second-order valence-electron chi connectivity index (χ2n) is 7.00. The van der Waals surface area contributed by atoms with Crippen LogP contribution in [0.25, 0.3) is 0 Å². The number of benzene rings is 3. The molecule has 0 saturated carbocycles. The van der Waals surface area contributed by atoms with E-state index >= 15 is 0 Å². The van der Waals surface area contributed by atoms with Gasteiger partial charge in [0.05, 0.1) is 0 Å². The molecule has 1 aliphatic heterocycles. The van der Waals surface area contributed by atoms with E-state index in [-0.39, 0.29) is 11.9 Å². The zero-order valence-corrected chi connectivity index (χ0v) is 17.5. The van der Waals surface area contributed by atoms with Crippen molar-refractivity contribution in [3.63, 3.8) is 0 Å². The van der Waals surface area contributed by atoms with Gasteiger partial charge in [-0.05, 0) is 67.4 Å². The summed E-state index contributed by atoms with van der Waals surface area (Å²) >= 11 is 3.37. The van der Waals surface area contributed by atoms with Crippen LogP contribution in [-0.2, 0) is 6.42 Å². The van der Waals surface area contributed by atoms with Crippen LogP contribution in [0.4, 0.5) is 21.9 Å². The van der Waals surface area contributed by atoms with Crippen LogP contribution in [0.5, 0.6) is 0 Å². The van der Waals surface area contributed by atoms with E-state index in [0.717, 1.165) is 27.7 Å². The lowest BCUT2D eigenvalue weighted by molar-refractivity contribution is 0.0989. The van der Waals surface area contributed by atoms with Gasteiger partial charge in [-0.25, -0.2) is 4.79 Å². The summed E-state index contributed by atoms with van der Waals surface area (Å²) in [4.78, 5) is 27.0. The average Bonchev–Trinajstić information content (AvgIpc) is 3.13. The average molecular weight is 450 g/mol. The van der Waals surface area contributed by atoms with Crippen molar-refractivity contribution in [2.24, 2.45) is 0 Å². The zero-order chi connectivity index (χ0) is 20.4. The van der Waals surface area contributed by atoms with E-state index in [1.165, 1.54) is 0 Å². The Morgan fingerprint density at radius 3 is 2.28 bits per heavy atom. The maximum Gasteiger partial charge on any atom is 0.323 e. The number of amides is 3. The highest BCUT2D eigenvalue weighted by Crippen LogP contribution is 2.32. The lowest BCUT2D eigenvalue weighted by atomic mass is 10.1. The summed E-state index contributed by atoms with van der Waals surface area (Å²) in [5, 5.41) is 5.64. The second-order valence-corrected chi connectivity index (χ2v) is 7.92. The fourth-order valence-electron chi connectivity index (χ4n) is 3.35. The zero-order valence-electron chi connectivity index (χ0n) is 15.9. The summed E-state index contributed by atoms with van der Waals surface area (Å²) in [6, 6.07) is 20.3. The van der Waals surface area contributed by atoms with E-state index in [9.17, 15) is 9.59 Å². The minimum absolute atomic E-state index is 0.0276. The molecule has 0 saturated heterocycles. The molecule has 1 aliphatic rings. The molecule has 0 unspecified atom stereocenters. The van der Waals surface area contributed by atoms with Crippen LogP contribution in [0, 0.1) is 6.92 Å². The van der Waals surface area contributed by atoms with Gasteiger partial charge in [-0.15, -0.1) is 0 Å². The van der Waals surface area contributed by atoms with Crippen molar-refractivity contribution in [1.29, 1.82) is 0 Å². The Labute approximate surface area is 177 Å². The molecule has 0 spiro atoms. The van der Waals surface area contributed by atoms with Crippen molar-refractivity contribution >= 4 is 44.9 Å². The van der Waals surface area contributed by atoms with Crippen LogP contribution in [0.1, 0.15) is 21.5 Å². The standard InChI is InChI=1S/C23H20BrN3O2/c1-15-2-4-17(5-3-15)22(28)27-13-12-16-6-9-20(14-21(16)27)26-23(29)25-19-10-7-18(24)8-11-19/h2-11,14H,12-13H2,1H3,(H2,25,26,29). The largest absolute Gasteiger partial charge is 0.323 e. The van der Waals surface area contributed by atoms with Crippen LogP contribution >= 0.6 is 15.9 Å². The molecule has 0 radical (unpaired) electrons. The summed E-state index contributed by atoms with van der Waals surface area (Å²) in [6.07, 6.45) is 0.804. The molecule has 0 aliphatic carbocycles. The van der Waals surface area contributed by atoms with Crippen molar-refractivity contribution in [3.8, 4) is 0 Å². The first-order valence-electron chi connectivity index (χ1n) is 9.34. The third-order valence-corrected chi connectivity index (χ3v) is 5.41. The Hall–Kier alpha value is -3.12. The molecule has 146 valence electrons. The first-order valence-corrected chi connectivity index (χ1v) is 10.1. The smallest absolute Gasteiger partial charge is 0.308 e. The SMILES string of the molecule is Cc1ccc(C(=O)N2CCc3ccc(NC(=O)Nc4ccc(Br)cc4)cc32)cc1. The van der Waals surface area contributed by atoms with Gasteiger partial charge in [0.2, 0.25) is 0 Å². The van der Waals surface area contributed by atoms with Gasteiger partial charge in [0.1, 0.15) is 0 Å². The number of halogens is 1. The minimum atomic E-state index is -0.332. The lowest BCUT2D eigenvalue weighted by Gasteiger charge is -2.18. The van der Waals surface area contributed by atoms with Gasteiger partial charge in [-0.1, -0.05) is 39.7 Å². The van der Waals surface area contributed by atoms with Crippen molar-refractivity contribution in [2.45, 2.75) is 13.3 Å². The Bertz CT molecular complexity index is 1060. The number of carbonyl (C=O) groups is 2. The molecule has 0 bridgehead atoms. The maximum absolute atomic E-state index is 12.9. The molecule has 6 heteroatoms. The molecule has 5 nitrogen and oxygen atoms in total. The van der Waals surface area contributed by atoms with Gasteiger partial charge in [0.25, 0.3) is 5.91 Å². The Balaban J connectivity index is 1.49. The van der Waals surface area contributed by atoms with E-state index in [0.29, 0.717) is 23.5 Å². The Kier molecular flexibility index (Phi) is 5.36. The predicted octanol–water partition coefficient (Wildman–Crippen LogP) is 5.60. The molecule has 3 aromatic carbocycles. The van der Waals surface area contributed by atoms with Crippen molar-refractivity contribution in [3.05, 3.63) is 87.9 Å². The number of nitrogens with zero attached hydrogens (tertiary/aromatic N) is 1. The van der Waals surface area contributed by atoms with Gasteiger partial charge in [0.15, 0.2) is 0 Å². The van der Waals surface area contributed by atoms with Gasteiger partial charge in [-0.2, -0.15) is 0 Å². The van der Waals surface area contributed by atoms with Gasteiger partial charge in [0, 0.05) is 33.6 Å². The van der Waals surface area contributed by atoms with Crippen LogP contribution in [0.2, 0.25) is 0 Å². The topological polar surface area (TPSA) is 61.4 Å². The van der Waals surface area contributed by atoms with Gasteiger partial charge < -0.3 is 15.5 Å². The number of carbonyl (C=O) groups excluding carboxylic acids is 2. The molecular formula is C23H20BrN3O2. The summed E-state index contributed by atoms with van der Waals surface area (Å²) in [6.45, 7) is 2.63. The maximum atomic E-state index is 12.9. The molecule has 3 amide bonds. The highest BCUT2D eigenvalue weighted by molar-refractivity contribution is 9.10. The molecule has 3 aromatic rings. The first kappa shape index (κ1) is 19.2. The monoisotopic (exact) mass is 449 g/mol. The van der Waals surface area contributed by atoms with E-state index in [4.69, 9.17) is 0 Å². The van der Waals surface area contributed by atoms with Crippen LogP contribution in [0.3, 0.4) is 0 Å². The number of hydrogen-bond donors (Lipinski definition) is 2. The predicted molar refractivity (Wildman–Crippen MR) is 120 cm³/mol. The van der Waals surface area contributed by atoms with Crippen molar-refractivity contribution in [1.82, 2.24) is 0 Å². The summed E-state index contributed by atoms with van der Waals surface area (Å²) in [5.74, 6) is -0.0276. The van der Waals surface area contributed by atoms with Gasteiger partial charge >= 0.3 is 6.03 Å². The van der Waals surface area contributed by atoms with Crippen LogP contribution in [-0.4, -0.2) is 18.5 Å². The molecule has 1 heterocycles. The molecule has 0 fully saturated rings. The Morgan fingerprint density at radius 2 is 1.55 bits per heavy atom. The highest BCUT2D eigenvalue weighted by atomic mass is 79.9. The molecule has 29 heavy (non-hydrogen) atoms. The number of rotatable bonds is 3. The third kappa shape index (κ3) is 4.32. The number of anilines is 3. The van der Waals surface area contributed by atoms with Crippen molar-refractivity contribution < 1.29 is 9.59 Å². The molecule has 4 rings (SSSR count). The summed E-state index contributed by atoms with van der Waals surface area (Å²) < 4.78 is 0.945. The fourth-order valence-corrected chi connectivity index (χ4v) is 3.61. The Morgan fingerprint density at radius 1 is 0.897 bits per heavy atom. The number of aryl methyl sites for hydroxylation is 1. The van der Waals surface area contributed by atoms with E-state index in [2.05, 4.69) is 26.6 Å². The first-order chi connectivity index (χ1) is 14.0. The minimum Gasteiger partial charge on any atom is -0.308 e. The van der Waals surface area contributed by atoms with E-state index in [1.54, 1.807) is 4.90 Å². The van der Waals surface area contributed by atoms with E-state index in [1.807, 2.05) is 73.7 Å². The van der Waals surface area contributed by atoms with Crippen molar-refractivity contribution in [2.75, 3.05) is 22.1 Å². The number of fused-ring (bicyclic) bond motifs is 1. The summed E-state index contributed by atoms with van der Waals surface area (Å²) in [5.41, 5.74) is 5.06. The van der Waals surface area contributed by atoms with Crippen LogP contribution < -0.4 is 15.5 Å². The summed E-state index contributed by atoms with van der Waals surface area (Å²) in [7, 11) is 0. The quantitative estimate of drug-likeness (QED) is 0.546. The third-order valence-electron chi connectivity index (χ3n) is 4.88. The number of urea groups is 1. The second kappa shape index (κ2) is 8.09. The fraction of sp³-hybridized carbons (Fsp3) is 0.130. The number of nitrogens with one attached hydrogen (secondary N) is 2.